The van der Waals surface area contributed by atoms with Crippen LogP contribution in [0, 0.1) is 18.3 Å². The van der Waals surface area contributed by atoms with E-state index >= 15 is 0 Å². The van der Waals surface area contributed by atoms with Gasteiger partial charge in [0, 0.05) is 31.0 Å². The van der Waals surface area contributed by atoms with E-state index in [-0.39, 0.29) is 11.8 Å². The van der Waals surface area contributed by atoms with Crippen molar-refractivity contribution in [3.8, 4) is 6.07 Å². The summed E-state index contributed by atoms with van der Waals surface area (Å²) in [7, 11) is 0. The van der Waals surface area contributed by atoms with Gasteiger partial charge in [0.25, 0.3) is 11.8 Å². The third kappa shape index (κ3) is 3.44. The summed E-state index contributed by atoms with van der Waals surface area (Å²) < 4.78 is 0. The van der Waals surface area contributed by atoms with Crippen LogP contribution in [-0.4, -0.2) is 34.8 Å². The summed E-state index contributed by atoms with van der Waals surface area (Å²) in [4.78, 5) is 30.9. The summed E-state index contributed by atoms with van der Waals surface area (Å²) in [6.07, 6.45) is 3.05. The Morgan fingerprint density at radius 2 is 1.92 bits per heavy atom. The van der Waals surface area contributed by atoms with Crippen LogP contribution in [-0.2, 0) is 0 Å². The molecule has 0 aliphatic rings. The molecule has 6 nitrogen and oxygen atoms in total. The second-order valence-corrected chi connectivity index (χ2v) is 6.06. The molecule has 2 aromatic heterocycles. The molecule has 0 atom stereocenters. The fourth-order valence-corrected chi connectivity index (χ4v) is 3.39. The summed E-state index contributed by atoms with van der Waals surface area (Å²) in [6.45, 7) is 6.72. The van der Waals surface area contributed by atoms with E-state index in [1.165, 1.54) is 12.4 Å². The largest absolute Gasteiger partial charge is 0.338 e. The SMILES string of the molecule is CCN(CC)C(=O)c1sc(NC(=O)c2ccncc2)c(C#N)c1C. The number of hydrogen-bond acceptors (Lipinski definition) is 5. The van der Waals surface area contributed by atoms with Crippen molar-refractivity contribution in [1.29, 1.82) is 5.26 Å². The summed E-state index contributed by atoms with van der Waals surface area (Å²) >= 11 is 1.14. The molecule has 0 saturated carbocycles. The Bertz CT molecular complexity index is 789. The van der Waals surface area contributed by atoms with Gasteiger partial charge in [0.2, 0.25) is 0 Å². The topological polar surface area (TPSA) is 86.1 Å². The first-order valence-electron chi connectivity index (χ1n) is 7.57. The summed E-state index contributed by atoms with van der Waals surface area (Å²) in [5.74, 6) is -0.458. The first-order chi connectivity index (χ1) is 11.5. The molecule has 124 valence electrons. The molecular weight excluding hydrogens is 324 g/mol. The minimum absolute atomic E-state index is 0.122. The highest BCUT2D eigenvalue weighted by atomic mass is 32.1. The van der Waals surface area contributed by atoms with Gasteiger partial charge in [-0.2, -0.15) is 5.26 Å². The smallest absolute Gasteiger partial charge is 0.264 e. The zero-order chi connectivity index (χ0) is 17.7. The number of thiophene rings is 1. The molecule has 24 heavy (non-hydrogen) atoms. The minimum atomic E-state index is -0.336. The maximum Gasteiger partial charge on any atom is 0.264 e. The van der Waals surface area contributed by atoms with Crippen molar-refractivity contribution in [3.05, 3.63) is 46.1 Å². The van der Waals surface area contributed by atoms with Gasteiger partial charge in [-0.1, -0.05) is 0 Å². The molecular formula is C17H18N4O2S. The third-order valence-corrected chi connectivity index (χ3v) is 4.87. The number of hydrogen-bond donors (Lipinski definition) is 1. The van der Waals surface area contributed by atoms with E-state index in [4.69, 9.17) is 0 Å². The van der Waals surface area contributed by atoms with Gasteiger partial charge in [0.05, 0.1) is 10.4 Å². The molecule has 0 bridgehead atoms. The maximum atomic E-state index is 12.6. The van der Waals surface area contributed by atoms with Gasteiger partial charge in [0.1, 0.15) is 11.1 Å². The van der Waals surface area contributed by atoms with E-state index in [0.29, 0.717) is 39.7 Å². The molecule has 0 aliphatic carbocycles. The van der Waals surface area contributed by atoms with Crippen LogP contribution in [0.3, 0.4) is 0 Å². The number of anilines is 1. The summed E-state index contributed by atoms with van der Waals surface area (Å²) in [5, 5.41) is 12.5. The first-order valence-corrected chi connectivity index (χ1v) is 8.39. The van der Waals surface area contributed by atoms with Crippen molar-refractivity contribution in [2.45, 2.75) is 20.8 Å². The maximum absolute atomic E-state index is 12.6. The lowest BCUT2D eigenvalue weighted by Crippen LogP contribution is -2.30. The van der Waals surface area contributed by atoms with Gasteiger partial charge in [-0.25, -0.2) is 0 Å². The second-order valence-electron chi connectivity index (χ2n) is 5.04. The fourth-order valence-electron chi connectivity index (χ4n) is 2.27. The van der Waals surface area contributed by atoms with Gasteiger partial charge in [0.15, 0.2) is 0 Å². The number of aromatic nitrogens is 1. The van der Waals surface area contributed by atoms with Crippen molar-refractivity contribution in [1.82, 2.24) is 9.88 Å². The number of carbonyl (C=O) groups excluding carboxylic acids is 2. The zero-order valence-corrected chi connectivity index (χ0v) is 14.6. The third-order valence-electron chi connectivity index (χ3n) is 3.67. The molecule has 2 heterocycles. The molecule has 0 spiro atoms. The lowest BCUT2D eigenvalue weighted by molar-refractivity contribution is 0.0777. The highest BCUT2D eigenvalue weighted by molar-refractivity contribution is 7.18. The van der Waals surface area contributed by atoms with Crippen LogP contribution in [0.15, 0.2) is 24.5 Å². The highest BCUT2D eigenvalue weighted by Gasteiger charge is 2.24. The second kappa shape index (κ2) is 7.70. The van der Waals surface area contributed by atoms with Crippen molar-refractivity contribution in [2.75, 3.05) is 18.4 Å². The average Bonchev–Trinajstić information content (AvgIpc) is 2.92. The van der Waals surface area contributed by atoms with Crippen molar-refractivity contribution in [3.63, 3.8) is 0 Å². The van der Waals surface area contributed by atoms with E-state index in [1.807, 2.05) is 13.8 Å². The lowest BCUT2D eigenvalue weighted by Gasteiger charge is -2.17. The molecule has 7 heteroatoms. The number of rotatable bonds is 5. The molecule has 0 radical (unpaired) electrons. The van der Waals surface area contributed by atoms with Crippen LogP contribution >= 0.6 is 11.3 Å². The van der Waals surface area contributed by atoms with E-state index in [9.17, 15) is 14.9 Å². The number of carbonyl (C=O) groups is 2. The van der Waals surface area contributed by atoms with Gasteiger partial charge in [-0.15, -0.1) is 11.3 Å². The Hall–Kier alpha value is -2.72. The quantitative estimate of drug-likeness (QED) is 0.905. The first kappa shape index (κ1) is 17.6. The van der Waals surface area contributed by atoms with Crippen molar-refractivity contribution in [2.24, 2.45) is 0 Å². The minimum Gasteiger partial charge on any atom is -0.338 e. The monoisotopic (exact) mass is 342 g/mol. The molecule has 0 aliphatic heterocycles. The predicted molar refractivity (Wildman–Crippen MR) is 93.2 cm³/mol. The molecule has 0 aromatic carbocycles. The van der Waals surface area contributed by atoms with Crippen LogP contribution in [0.2, 0.25) is 0 Å². The number of amides is 2. The average molecular weight is 342 g/mol. The van der Waals surface area contributed by atoms with E-state index in [1.54, 1.807) is 24.0 Å². The normalized spacial score (nSPS) is 10.1. The van der Waals surface area contributed by atoms with Gasteiger partial charge >= 0.3 is 0 Å². The van der Waals surface area contributed by atoms with Crippen LogP contribution in [0.25, 0.3) is 0 Å². The number of pyridine rings is 1. The zero-order valence-electron chi connectivity index (χ0n) is 13.8. The Balaban J connectivity index is 2.35. The molecule has 1 N–H and O–H groups in total. The van der Waals surface area contributed by atoms with E-state index in [0.717, 1.165) is 11.3 Å². The molecule has 0 fully saturated rings. The fraction of sp³-hybridized carbons (Fsp3) is 0.294. The Labute approximate surface area is 144 Å². The lowest BCUT2D eigenvalue weighted by atomic mass is 10.1. The molecule has 2 amide bonds. The van der Waals surface area contributed by atoms with Crippen LogP contribution in [0.4, 0.5) is 5.00 Å². The number of nitriles is 1. The summed E-state index contributed by atoms with van der Waals surface area (Å²) in [5.41, 5.74) is 1.37. The number of nitrogens with zero attached hydrogens (tertiary/aromatic N) is 3. The predicted octanol–water partition coefficient (Wildman–Crippen LogP) is 3.06. The molecule has 2 aromatic rings. The van der Waals surface area contributed by atoms with Gasteiger partial charge < -0.3 is 10.2 Å². The molecule has 0 saturated heterocycles. The van der Waals surface area contributed by atoms with Crippen molar-refractivity contribution < 1.29 is 9.59 Å². The van der Waals surface area contributed by atoms with Crippen LogP contribution in [0.5, 0.6) is 0 Å². The van der Waals surface area contributed by atoms with Gasteiger partial charge in [-0.3, -0.25) is 14.6 Å². The molecule has 2 rings (SSSR count). The molecule has 0 unspecified atom stereocenters. The van der Waals surface area contributed by atoms with Crippen molar-refractivity contribution >= 4 is 28.2 Å². The van der Waals surface area contributed by atoms with E-state index < -0.39 is 0 Å². The standard InChI is InChI=1S/C17H18N4O2S/c1-4-21(5-2)17(23)14-11(3)13(10-18)16(24-14)20-15(22)12-6-8-19-9-7-12/h6-9H,4-5H2,1-3H3,(H,20,22). The van der Waals surface area contributed by atoms with Crippen LogP contribution < -0.4 is 5.32 Å². The number of nitrogens with one attached hydrogen (secondary N) is 1. The van der Waals surface area contributed by atoms with Crippen LogP contribution in [0.1, 0.15) is 45.0 Å². The van der Waals surface area contributed by atoms with Gasteiger partial charge in [-0.05, 0) is 38.5 Å². The Kier molecular flexibility index (Phi) is 5.66. The Morgan fingerprint density at radius 1 is 1.29 bits per heavy atom. The summed E-state index contributed by atoms with van der Waals surface area (Å²) in [6, 6.07) is 5.26. The Morgan fingerprint density at radius 3 is 2.46 bits per heavy atom. The van der Waals surface area contributed by atoms with E-state index in [2.05, 4.69) is 16.4 Å². The highest BCUT2D eigenvalue weighted by Crippen LogP contribution is 2.33.